The monoisotopic (exact) mass is 229 g/mol. The van der Waals surface area contributed by atoms with Gasteiger partial charge in [0.25, 0.3) is 5.91 Å². The van der Waals surface area contributed by atoms with Crippen molar-refractivity contribution in [2.24, 2.45) is 0 Å². The highest BCUT2D eigenvalue weighted by Gasteiger charge is 2.36. The normalized spacial score (nSPS) is 10.7. The smallest absolute Gasteiger partial charge is 0.268 e. The van der Waals surface area contributed by atoms with Crippen molar-refractivity contribution in [2.45, 2.75) is 13.1 Å². The van der Waals surface area contributed by atoms with E-state index in [-0.39, 0.29) is 5.69 Å². The van der Waals surface area contributed by atoms with E-state index in [0.717, 1.165) is 6.20 Å². The molecule has 1 rings (SSSR count). The summed E-state index contributed by atoms with van der Waals surface area (Å²) in [7, 11) is 0. The van der Waals surface area contributed by atoms with Crippen molar-refractivity contribution in [3.8, 4) is 6.19 Å². The van der Waals surface area contributed by atoms with Crippen molar-refractivity contribution < 1.29 is 18.0 Å². The molecule has 1 aromatic heterocycles. The lowest BCUT2D eigenvalue weighted by Crippen LogP contribution is -2.24. The number of aromatic nitrogens is 1. The second-order valence-electron chi connectivity index (χ2n) is 2.88. The zero-order chi connectivity index (χ0) is 12.3. The first kappa shape index (κ1) is 12.0. The van der Waals surface area contributed by atoms with Crippen LogP contribution in [-0.4, -0.2) is 10.9 Å². The van der Waals surface area contributed by atoms with Crippen molar-refractivity contribution >= 4 is 5.91 Å². The second-order valence-corrected chi connectivity index (χ2v) is 2.88. The third-order valence-electron chi connectivity index (χ3n) is 1.84. The fraction of sp³-hybridized carbons (Fsp3) is 0.222. The van der Waals surface area contributed by atoms with Gasteiger partial charge < -0.3 is 0 Å². The Bertz CT molecular complexity index is 462. The van der Waals surface area contributed by atoms with Crippen molar-refractivity contribution in [1.29, 1.82) is 5.26 Å². The SMILES string of the molecule is Cc1nccc(C(F)(F)F)c1C(=O)NC#N. The van der Waals surface area contributed by atoms with Crippen molar-refractivity contribution in [1.82, 2.24) is 10.3 Å². The quantitative estimate of drug-likeness (QED) is 0.587. The Morgan fingerprint density at radius 1 is 1.56 bits per heavy atom. The van der Waals surface area contributed by atoms with Gasteiger partial charge in [-0.3, -0.25) is 15.1 Å². The summed E-state index contributed by atoms with van der Waals surface area (Å²) in [5.74, 6) is -1.11. The second kappa shape index (κ2) is 4.18. The molecule has 0 aromatic carbocycles. The van der Waals surface area contributed by atoms with Crippen LogP contribution in [0.25, 0.3) is 0 Å². The van der Waals surface area contributed by atoms with Gasteiger partial charge >= 0.3 is 6.18 Å². The fourth-order valence-electron chi connectivity index (χ4n) is 1.20. The Morgan fingerprint density at radius 3 is 2.69 bits per heavy atom. The van der Waals surface area contributed by atoms with Gasteiger partial charge in [0.15, 0.2) is 6.19 Å². The molecule has 4 nitrogen and oxygen atoms in total. The number of nitrogens with zero attached hydrogens (tertiary/aromatic N) is 2. The van der Waals surface area contributed by atoms with Crippen LogP contribution in [0.15, 0.2) is 12.3 Å². The summed E-state index contributed by atoms with van der Waals surface area (Å²) in [4.78, 5) is 14.8. The average Bonchev–Trinajstić information content (AvgIpc) is 2.16. The summed E-state index contributed by atoms with van der Waals surface area (Å²) in [6, 6.07) is 0.694. The predicted octanol–water partition coefficient (Wildman–Crippen LogP) is 1.62. The molecule has 0 spiro atoms. The number of hydrogen-bond acceptors (Lipinski definition) is 3. The van der Waals surface area contributed by atoms with Crippen LogP contribution in [0, 0.1) is 18.4 Å². The van der Waals surface area contributed by atoms with E-state index in [4.69, 9.17) is 5.26 Å². The van der Waals surface area contributed by atoms with E-state index in [0.29, 0.717) is 6.07 Å². The molecule has 0 fully saturated rings. The van der Waals surface area contributed by atoms with Crippen LogP contribution in [0.3, 0.4) is 0 Å². The molecule has 1 amide bonds. The maximum absolute atomic E-state index is 12.5. The molecule has 1 heterocycles. The molecule has 0 radical (unpaired) electrons. The molecule has 0 unspecified atom stereocenters. The van der Waals surface area contributed by atoms with Crippen LogP contribution < -0.4 is 5.32 Å². The van der Waals surface area contributed by atoms with Gasteiger partial charge in [-0.15, -0.1) is 0 Å². The molecule has 1 aromatic rings. The lowest BCUT2D eigenvalue weighted by atomic mass is 10.1. The Labute approximate surface area is 88.7 Å². The van der Waals surface area contributed by atoms with Crippen LogP contribution in [0.5, 0.6) is 0 Å². The molecule has 0 aliphatic rings. The lowest BCUT2D eigenvalue weighted by Gasteiger charge is -2.12. The summed E-state index contributed by atoms with van der Waals surface area (Å²) < 4.78 is 37.6. The number of pyridine rings is 1. The van der Waals surface area contributed by atoms with E-state index in [2.05, 4.69) is 4.98 Å². The number of hydrogen-bond donors (Lipinski definition) is 1. The van der Waals surface area contributed by atoms with Crippen LogP contribution in [0.1, 0.15) is 21.6 Å². The highest BCUT2D eigenvalue weighted by molar-refractivity contribution is 5.97. The van der Waals surface area contributed by atoms with E-state index < -0.39 is 23.2 Å². The minimum atomic E-state index is -4.66. The van der Waals surface area contributed by atoms with Crippen molar-refractivity contribution in [2.75, 3.05) is 0 Å². The number of amides is 1. The number of nitrogens with one attached hydrogen (secondary N) is 1. The van der Waals surface area contributed by atoms with Gasteiger partial charge in [-0.1, -0.05) is 0 Å². The molecule has 16 heavy (non-hydrogen) atoms. The largest absolute Gasteiger partial charge is 0.417 e. The third-order valence-corrected chi connectivity index (χ3v) is 1.84. The Balaban J connectivity index is 3.37. The summed E-state index contributed by atoms with van der Waals surface area (Å²) in [6.45, 7) is 1.27. The van der Waals surface area contributed by atoms with E-state index in [1.165, 1.54) is 13.1 Å². The topological polar surface area (TPSA) is 65.8 Å². The van der Waals surface area contributed by atoms with Crippen LogP contribution in [0.2, 0.25) is 0 Å². The van der Waals surface area contributed by atoms with Gasteiger partial charge in [0.1, 0.15) is 0 Å². The van der Waals surface area contributed by atoms with Gasteiger partial charge in [0.05, 0.1) is 16.8 Å². The number of nitriles is 1. The number of carbonyl (C=O) groups excluding carboxylic acids is 1. The van der Waals surface area contributed by atoms with Crippen LogP contribution in [-0.2, 0) is 6.18 Å². The first-order chi connectivity index (χ1) is 7.38. The Kier molecular flexibility index (Phi) is 3.13. The third kappa shape index (κ3) is 2.28. The molecule has 1 N–H and O–H groups in total. The van der Waals surface area contributed by atoms with Gasteiger partial charge in [-0.2, -0.15) is 18.4 Å². The van der Waals surface area contributed by atoms with E-state index in [1.807, 2.05) is 0 Å². The van der Waals surface area contributed by atoms with Gasteiger partial charge in [-0.25, -0.2) is 0 Å². The zero-order valence-electron chi connectivity index (χ0n) is 8.09. The summed E-state index contributed by atoms with van der Waals surface area (Å²) in [5, 5.41) is 9.84. The zero-order valence-corrected chi connectivity index (χ0v) is 8.09. The number of carbonyl (C=O) groups is 1. The summed E-state index contributed by atoms with van der Waals surface area (Å²) >= 11 is 0. The van der Waals surface area contributed by atoms with Crippen LogP contribution >= 0.6 is 0 Å². The molecule has 0 saturated carbocycles. The van der Waals surface area contributed by atoms with E-state index >= 15 is 0 Å². The number of rotatable bonds is 1. The number of halogens is 3. The highest BCUT2D eigenvalue weighted by atomic mass is 19.4. The first-order valence-corrected chi connectivity index (χ1v) is 4.10. The molecule has 0 aliphatic heterocycles. The van der Waals surface area contributed by atoms with Crippen molar-refractivity contribution in [3.05, 3.63) is 29.1 Å². The maximum Gasteiger partial charge on any atom is 0.417 e. The molecule has 0 atom stereocenters. The lowest BCUT2D eigenvalue weighted by molar-refractivity contribution is -0.138. The molecule has 0 saturated heterocycles. The van der Waals surface area contributed by atoms with E-state index in [1.54, 1.807) is 5.32 Å². The summed E-state index contributed by atoms with van der Waals surface area (Å²) in [6.07, 6.45) is -2.42. The van der Waals surface area contributed by atoms with Crippen LogP contribution in [0.4, 0.5) is 13.2 Å². The van der Waals surface area contributed by atoms with Gasteiger partial charge in [-0.05, 0) is 13.0 Å². The molecule has 7 heteroatoms. The fourth-order valence-corrected chi connectivity index (χ4v) is 1.20. The van der Waals surface area contributed by atoms with Gasteiger partial charge in [0, 0.05) is 6.20 Å². The average molecular weight is 229 g/mol. The predicted molar refractivity (Wildman–Crippen MR) is 47.1 cm³/mol. The van der Waals surface area contributed by atoms with Gasteiger partial charge in [0.2, 0.25) is 0 Å². The molecular formula is C9H6F3N3O. The number of aryl methyl sites for hydroxylation is 1. The van der Waals surface area contributed by atoms with Crippen molar-refractivity contribution in [3.63, 3.8) is 0 Å². The maximum atomic E-state index is 12.5. The number of alkyl halides is 3. The minimum Gasteiger partial charge on any atom is -0.268 e. The first-order valence-electron chi connectivity index (χ1n) is 4.10. The Morgan fingerprint density at radius 2 is 2.19 bits per heavy atom. The molecule has 0 bridgehead atoms. The summed E-state index contributed by atoms with van der Waals surface area (Å²) in [5.41, 5.74) is -1.81. The van der Waals surface area contributed by atoms with E-state index in [9.17, 15) is 18.0 Å². The molecule has 84 valence electrons. The standard InChI is InChI=1S/C9H6F3N3O/c1-5-7(8(16)15-4-13)6(2-3-14-5)9(10,11)12/h2-3H,1H3,(H,15,16). The highest BCUT2D eigenvalue weighted by Crippen LogP contribution is 2.32. The molecule has 0 aliphatic carbocycles. The Hall–Kier alpha value is -2.10. The minimum absolute atomic E-state index is 0.0809. The molecular weight excluding hydrogens is 223 g/mol.